The number of hydrogen-bond donors (Lipinski definition) is 1. The number of amides is 1. The minimum absolute atomic E-state index is 0.0453. The number of benzene rings is 2. The fourth-order valence-electron chi connectivity index (χ4n) is 3.18. The highest BCUT2D eigenvalue weighted by Gasteiger charge is 2.45. The van der Waals surface area contributed by atoms with Crippen LogP contribution in [0.15, 0.2) is 60.2 Å². The maximum Gasteiger partial charge on any atom is 0.295 e. The number of hydrogen-bond acceptors (Lipinski definition) is 3. The smallest absolute Gasteiger partial charge is 0.295 e. The first kappa shape index (κ1) is 17.9. The second-order valence-corrected chi connectivity index (χ2v) is 6.26. The lowest BCUT2D eigenvalue weighted by atomic mass is 9.95. The van der Waals surface area contributed by atoms with Gasteiger partial charge in [-0.15, -0.1) is 0 Å². The van der Waals surface area contributed by atoms with E-state index in [9.17, 15) is 19.1 Å². The normalized spacial score (nSPS) is 19.2. The summed E-state index contributed by atoms with van der Waals surface area (Å²) in [5.74, 6) is -1.96. The Bertz CT molecular complexity index is 843. The maximum absolute atomic E-state index is 13.3. The highest BCUT2D eigenvalue weighted by molar-refractivity contribution is 6.46. The molecule has 0 unspecified atom stereocenters. The summed E-state index contributed by atoms with van der Waals surface area (Å²) in [5, 5.41) is 10.7. The molecule has 1 atom stereocenters. The molecule has 1 fully saturated rings. The van der Waals surface area contributed by atoms with Crippen LogP contribution in [0, 0.1) is 5.82 Å². The molecule has 0 aromatic heterocycles. The molecule has 1 amide bonds. The van der Waals surface area contributed by atoms with Crippen LogP contribution in [-0.2, 0) is 9.59 Å². The van der Waals surface area contributed by atoms with Gasteiger partial charge in [0, 0.05) is 12.1 Å². The van der Waals surface area contributed by atoms with E-state index in [0.29, 0.717) is 17.7 Å². The number of nitrogens with zero attached hydrogens (tertiary/aromatic N) is 1. The first-order chi connectivity index (χ1) is 12.5. The van der Waals surface area contributed by atoms with Gasteiger partial charge < -0.3 is 10.0 Å². The second-order valence-electron chi connectivity index (χ2n) is 6.26. The van der Waals surface area contributed by atoms with Crippen LogP contribution in [0.3, 0.4) is 0 Å². The molecule has 26 heavy (non-hydrogen) atoms. The van der Waals surface area contributed by atoms with E-state index >= 15 is 0 Å². The van der Waals surface area contributed by atoms with Crippen LogP contribution in [-0.4, -0.2) is 28.2 Å². The minimum Gasteiger partial charge on any atom is -0.507 e. The molecule has 1 aliphatic heterocycles. The van der Waals surface area contributed by atoms with E-state index in [-0.39, 0.29) is 11.3 Å². The molecule has 1 aliphatic rings. The van der Waals surface area contributed by atoms with Gasteiger partial charge in [0.15, 0.2) is 0 Å². The fraction of sp³-hybridized carbons (Fsp3) is 0.238. The van der Waals surface area contributed by atoms with Gasteiger partial charge in [-0.05, 0) is 24.1 Å². The molecule has 2 aromatic rings. The van der Waals surface area contributed by atoms with Crippen molar-refractivity contribution in [3.63, 3.8) is 0 Å². The molecule has 0 spiro atoms. The molecule has 0 radical (unpaired) electrons. The van der Waals surface area contributed by atoms with Crippen LogP contribution >= 0.6 is 0 Å². The number of Topliss-reactive ketones (excluding diaryl/α,β-unsaturated/α-hetero) is 1. The van der Waals surface area contributed by atoms with E-state index in [1.165, 1.54) is 17.0 Å². The summed E-state index contributed by atoms with van der Waals surface area (Å²) in [7, 11) is 0. The van der Waals surface area contributed by atoms with Crippen molar-refractivity contribution in [2.45, 2.75) is 25.8 Å². The standard InChI is InChI=1S/C21H20FNO3/c1-2-3-13-23-18(14-9-11-16(22)12-10-14)17(20(25)21(23)26)19(24)15-7-5-4-6-8-15/h4-12,18,24H,2-3,13H2,1H3/b19-17+/t18-/m0/s1. The van der Waals surface area contributed by atoms with E-state index in [2.05, 4.69) is 0 Å². The predicted octanol–water partition coefficient (Wildman–Crippen LogP) is 4.05. The summed E-state index contributed by atoms with van der Waals surface area (Å²) in [6.07, 6.45) is 1.59. The zero-order valence-corrected chi connectivity index (χ0v) is 14.5. The van der Waals surface area contributed by atoms with Crippen LogP contribution in [0.25, 0.3) is 5.76 Å². The summed E-state index contributed by atoms with van der Waals surface area (Å²) in [6, 6.07) is 13.6. The van der Waals surface area contributed by atoms with Gasteiger partial charge in [0.05, 0.1) is 11.6 Å². The SMILES string of the molecule is CCCCN1C(=O)C(=O)/C(=C(/O)c2ccccc2)[C@@H]1c1ccc(F)cc1. The molecule has 2 aromatic carbocycles. The van der Waals surface area contributed by atoms with Crippen molar-refractivity contribution >= 4 is 17.4 Å². The fourth-order valence-corrected chi connectivity index (χ4v) is 3.18. The predicted molar refractivity (Wildman–Crippen MR) is 96.8 cm³/mol. The van der Waals surface area contributed by atoms with E-state index in [1.54, 1.807) is 42.5 Å². The lowest BCUT2D eigenvalue weighted by Crippen LogP contribution is -2.30. The average Bonchev–Trinajstić information content (AvgIpc) is 2.91. The van der Waals surface area contributed by atoms with Gasteiger partial charge in [0.2, 0.25) is 0 Å². The Morgan fingerprint density at radius 3 is 2.35 bits per heavy atom. The zero-order valence-electron chi connectivity index (χ0n) is 14.5. The number of likely N-dealkylation sites (tertiary alicyclic amines) is 1. The number of aliphatic hydroxyl groups is 1. The Labute approximate surface area is 151 Å². The monoisotopic (exact) mass is 353 g/mol. The van der Waals surface area contributed by atoms with E-state index < -0.39 is 23.5 Å². The van der Waals surface area contributed by atoms with Gasteiger partial charge in [-0.2, -0.15) is 0 Å². The third-order valence-corrected chi connectivity index (χ3v) is 4.53. The number of halogens is 1. The summed E-state index contributed by atoms with van der Waals surface area (Å²) >= 11 is 0. The third kappa shape index (κ3) is 3.25. The Morgan fingerprint density at radius 2 is 1.73 bits per heavy atom. The second kappa shape index (κ2) is 7.52. The molecule has 5 heteroatoms. The Balaban J connectivity index is 2.15. The Morgan fingerprint density at radius 1 is 1.08 bits per heavy atom. The van der Waals surface area contributed by atoms with Crippen molar-refractivity contribution in [2.24, 2.45) is 0 Å². The summed E-state index contributed by atoms with van der Waals surface area (Å²) in [6.45, 7) is 2.39. The highest BCUT2D eigenvalue weighted by Crippen LogP contribution is 2.39. The molecule has 0 saturated carbocycles. The molecule has 3 rings (SSSR count). The number of ketones is 1. The molecular weight excluding hydrogens is 333 g/mol. The van der Waals surface area contributed by atoms with Gasteiger partial charge in [0.25, 0.3) is 11.7 Å². The summed E-state index contributed by atoms with van der Waals surface area (Å²) in [5.41, 5.74) is 1.11. The first-order valence-corrected chi connectivity index (χ1v) is 8.64. The Kier molecular flexibility index (Phi) is 5.16. The van der Waals surface area contributed by atoms with E-state index in [1.807, 2.05) is 6.92 Å². The number of aliphatic hydroxyl groups excluding tert-OH is 1. The van der Waals surface area contributed by atoms with Crippen molar-refractivity contribution in [3.8, 4) is 0 Å². The van der Waals surface area contributed by atoms with Crippen LogP contribution in [0.2, 0.25) is 0 Å². The van der Waals surface area contributed by atoms with Gasteiger partial charge >= 0.3 is 0 Å². The van der Waals surface area contributed by atoms with Crippen LogP contribution in [0.1, 0.15) is 36.9 Å². The van der Waals surface area contributed by atoms with Crippen molar-refractivity contribution in [1.82, 2.24) is 4.90 Å². The van der Waals surface area contributed by atoms with E-state index in [4.69, 9.17) is 0 Å². The molecule has 0 bridgehead atoms. The zero-order chi connectivity index (χ0) is 18.7. The largest absolute Gasteiger partial charge is 0.507 e. The maximum atomic E-state index is 13.3. The van der Waals surface area contributed by atoms with Crippen molar-refractivity contribution in [3.05, 3.63) is 77.1 Å². The summed E-state index contributed by atoms with van der Waals surface area (Å²) in [4.78, 5) is 26.7. The van der Waals surface area contributed by atoms with E-state index in [0.717, 1.165) is 12.8 Å². The number of carbonyl (C=O) groups excluding carboxylic acids is 2. The topological polar surface area (TPSA) is 57.6 Å². The molecule has 0 aliphatic carbocycles. The number of rotatable bonds is 5. The minimum atomic E-state index is -0.720. The molecule has 4 nitrogen and oxygen atoms in total. The molecule has 1 saturated heterocycles. The van der Waals surface area contributed by atoms with Gasteiger partial charge in [-0.25, -0.2) is 4.39 Å². The van der Waals surface area contributed by atoms with Crippen LogP contribution in [0.5, 0.6) is 0 Å². The quantitative estimate of drug-likeness (QED) is 0.501. The van der Waals surface area contributed by atoms with Crippen molar-refractivity contribution in [1.29, 1.82) is 0 Å². The average molecular weight is 353 g/mol. The lowest BCUT2D eigenvalue weighted by Gasteiger charge is -2.25. The highest BCUT2D eigenvalue weighted by atomic mass is 19.1. The van der Waals surface area contributed by atoms with Crippen molar-refractivity contribution < 1.29 is 19.1 Å². The van der Waals surface area contributed by atoms with Gasteiger partial charge in [0.1, 0.15) is 11.6 Å². The van der Waals surface area contributed by atoms with Crippen LogP contribution < -0.4 is 0 Å². The van der Waals surface area contributed by atoms with Crippen LogP contribution in [0.4, 0.5) is 4.39 Å². The first-order valence-electron chi connectivity index (χ1n) is 8.64. The third-order valence-electron chi connectivity index (χ3n) is 4.53. The molecule has 134 valence electrons. The molecule has 1 heterocycles. The Hall–Kier alpha value is -2.95. The molecular formula is C21H20FNO3. The number of carbonyl (C=O) groups is 2. The van der Waals surface area contributed by atoms with Gasteiger partial charge in [-0.3, -0.25) is 9.59 Å². The molecule has 1 N–H and O–H groups in total. The lowest BCUT2D eigenvalue weighted by molar-refractivity contribution is -0.139. The summed E-state index contributed by atoms with van der Waals surface area (Å²) < 4.78 is 13.3. The van der Waals surface area contributed by atoms with Crippen molar-refractivity contribution in [2.75, 3.05) is 6.54 Å². The number of unbranched alkanes of at least 4 members (excludes halogenated alkanes) is 1. The van der Waals surface area contributed by atoms with Gasteiger partial charge in [-0.1, -0.05) is 55.8 Å².